The fraction of sp³-hybridized carbons (Fsp3) is 0.250. The zero-order valence-corrected chi connectivity index (χ0v) is 16.1. The van der Waals surface area contributed by atoms with E-state index in [2.05, 4.69) is 45.5 Å². The van der Waals surface area contributed by atoms with E-state index >= 15 is 0 Å². The monoisotopic (exact) mass is 371 g/mol. The second kappa shape index (κ2) is 8.36. The summed E-state index contributed by atoms with van der Waals surface area (Å²) in [4.78, 5) is 19.4. The first-order valence-corrected chi connectivity index (χ1v) is 9.76. The molecule has 0 spiro atoms. The Balaban J connectivity index is 1.52. The third kappa shape index (κ3) is 4.12. The van der Waals surface area contributed by atoms with Crippen molar-refractivity contribution < 1.29 is 4.79 Å². The van der Waals surface area contributed by atoms with Crippen molar-refractivity contribution >= 4 is 5.91 Å². The average molecular weight is 371 g/mol. The van der Waals surface area contributed by atoms with Crippen molar-refractivity contribution in [2.45, 2.75) is 25.9 Å². The summed E-state index contributed by atoms with van der Waals surface area (Å²) < 4.78 is 0. The SMILES string of the molecule is Cc1ccc(C(=O)NCC(c2cccnc2)N2CCc3ccccc3C2)cc1. The summed E-state index contributed by atoms with van der Waals surface area (Å²) >= 11 is 0. The summed E-state index contributed by atoms with van der Waals surface area (Å²) in [7, 11) is 0. The summed E-state index contributed by atoms with van der Waals surface area (Å²) in [6.07, 6.45) is 4.72. The van der Waals surface area contributed by atoms with E-state index in [1.54, 1.807) is 6.20 Å². The lowest BCUT2D eigenvalue weighted by molar-refractivity contribution is 0.0927. The van der Waals surface area contributed by atoms with E-state index in [4.69, 9.17) is 0 Å². The molecule has 0 saturated heterocycles. The van der Waals surface area contributed by atoms with Gasteiger partial charge in [0.2, 0.25) is 0 Å². The summed E-state index contributed by atoms with van der Waals surface area (Å²) in [6.45, 7) is 4.43. The molecule has 1 unspecified atom stereocenters. The van der Waals surface area contributed by atoms with E-state index in [1.165, 1.54) is 11.1 Å². The Kier molecular flexibility index (Phi) is 5.49. The smallest absolute Gasteiger partial charge is 0.251 e. The van der Waals surface area contributed by atoms with Gasteiger partial charge in [-0.25, -0.2) is 0 Å². The van der Waals surface area contributed by atoms with Gasteiger partial charge in [0.1, 0.15) is 0 Å². The summed E-state index contributed by atoms with van der Waals surface area (Å²) in [6, 6.07) is 20.5. The first-order valence-electron chi connectivity index (χ1n) is 9.76. The van der Waals surface area contributed by atoms with Crippen LogP contribution in [0.25, 0.3) is 0 Å². The molecule has 0 saturated carbocycles. The van der Waals surface area contributed by atoms with Gasteiger partial charge in [0.25, 0.3) is 5.91 Å². The minimum Gasteiger partial charge on any atom is -0.350 e. The van der Waals surface area contributed by atoms with Gasteiger partial charge in [-0.1, -0.05) is 48.0 Å². The molecule has 28 heavy (non-hydrogen) atoms. The topological polar surface area (TPSA) is 45.2 Å². The Hall–Kier alpha value is -2.98. The molecule has 1 amide bonds. The first-order chi connectivity index (χ1) is 13.7. The molecular formula is C24H25N3O. The lowest BCUT2D eigenvalue weighted by atomic mass is 9.97. The Bertz CT molecular complexity index is 938. The number of amides is 1. The highest BCUT2D eigenvalue weighted by Crippen LogP contribution is 2.27. The van der Waals surface area contributed by atoms with Gasteiger partial charge in [-0.05, 0) is 48.2 Å². The Morgan fingerprint density at radius 3 is 2.61 bits per heavy atom. The summed E-state index contributed by atoms with van der Waals surface area (Å²) in [5, 5.41) is 3.13. The highest BCUT2D eigenvalue weighted by Gasteiger charge is 2.25. The van der Waals surface area contributed by atoms with Crippen LogP contribution in [0.5, 0.6) is 0 Å². The van der Waals surface area contributed by atoms with Gasteiger partial charge < -0.3 is 5.32 Å². The molecule has 142 valence electrons. The zero-order chi connectivity index (χ0) is 19.3. The first kappa shape index (κ1) is 18.4. The Morgan fingerprint density at radius 1 is 1.07 bits per heavy atom. The van der Waals surface area contributed by atoms with E-state index in [0.717, 1.165) is 30.6 Å². The van der Waals surface area contributed by atoms with Gasteiger partial charge in [-0.3, -0.25) is 14.7 Å². The van der Waals surface area contributed by atoms with Gasteiger partial charge in [0.05, 0.1) is 6.04 Å². The molecule has 2 heterocycles. The number of carbonyl (C=O) groups is 1. The number of aryl methyl sites for hydroxylation is 1. The van der Waals surface area contributed by atoms with E-state index in [0.29, 0.717) is 12.1 Å². The number of nitrogens with one attached hydrogen (secondary N) is 1. The number of fused-ring (bicyclic) bond motifs is 1. The molecule has 1 atom stereocenters. The van der Waals surface area contributed by atoms with Crippen molar-refractivity contribution in [3.8, 4) is 0 Å². The standard InChI is InChI=1S/C24H25N3O/c1-18-8-10-20(11-9-18)24(28)26-16-23(21-7-4-13-25-15-21)27-14-12-19-5-2-3-6-22(19)17-27/h2-11,13,15,23H,12,14,16-17H2,1H3,(H,26,28). The molecule has 1 aliphatic rings. The number of benzene rings is 2. The van der Waals surface area contributed by atoms with Crippen molar-refractivity contribution in [1.29, 1.82) is 0 Å². The van der Waals surface area contributed by atoms with Crippen LogP contribution >= 0.6 is 0 Å². The number of aromatic nitrogens is 1. The fourth-order valence-corrected chi connectivity index (χ4v) is 3.81. The average Bonchev–Trinajstić information content (AvgIpc) is 2.75. The third-order valence-corrected chi connectivity index (χ3v) is 5.44. The molecule has 1 N–H and O–H groups in total. The maximum absolute atomic E-state index is 12.6. The Morgan fingerprint density at radius 2 is 1.86 bits per heavy atom. The van der Waals surface area contributed by atoms with Gasteiger partial charge in [-0.15, -0.1) is 0 Å². The molecule has 4 heteroatoms. The van der Waals surface area contributed by atoms with Crippen molar-refractivity contribution in [3.63, 3.8) is 0 Å². The largest absolute Gasteiger partial charge is 0.350 e. The molecule has 4 nitrogen and oxygen atoms in total. The van der Waals surface area contributed by atoms with Crippen LogP contribution in [0.1, 0.15) is 38.7 Å². The molecular weight excluding hydrogens is 346 g/mol. The molecule has 1 aromatic heterocycles. The number of hydrogen-bond donors (Lipinski definition) is 1. The van der Waals surface area contributed by atoms with Gasteiger partial charge in [-0.2, -0.15) is 0 Å². The van der Waals surface area contributed by atoms with Crippen LogP contribution in [0, 0.1) is 6.92 Å². The van der Waals surface area contributed by atoms with Crippen LogP contribution < -0.4 is 5.32 Å². The number of rotatable bonds is 5. The summed E-state index contributed by atoms with van der Waals surface area (Å²) in [5.74, 6) is -0.0358. The van der Waals surface area contributed by atoms with Crippen LogP contribution in [0.4, 0.5) is 0 Å². The van der Waals surface area contributed by atoms with Crippen LogP contribution in [0.2, 0.25) is 0 Å². The molecule has 4 rings (SSSR count). The van der Waals surface area contributed by atoms with Crippen LogP contribution in [-0.2, 0) is 13.0 Å². The minimum absolute atomic E-state index is 0.0358. The number of hydrogen-bond acceptors (Lipinski definition) is 3. The van der Waals surface area contributed by atoms with E-state index in [1.807, 2.05) is 43.5 Å². The maximum Gasteiger partial charge on any atom is 0.251 e. The second-order valence-corrected chi connectivity index (χ2v) is 7.37. The van der Waals surface area contributed by atoms with Crippen molar-refractivity contribution in [2.75, 3.05) is 13.1 Å². The number of carbonyl (C=O) groups excluding carboxylic acids is 1. The number of nitrogens with zero attached hydrogens (tertiary/aromatic N) is 2. The van der Waals surface area contributed by atoms with E-state index < -0.39 is 0 Å². The molecule has 0 bridgehead atoms. The fourth-order valence-electron chi connectivity index (χ4n) is 3.81. The molecule has 0 aliphatic carbocycles. The highest BCUT2D eigenvalue weighted by atomic mass is 16.1. The van der Waals surface area contributed by atoms with Gasteiger partial charge in [0, 0.05) is 37.6 Å². The highest BCUT2D eigenvalue weighted by molar-refractivity contribution is 5.94. The zero-order valence-electron chi connectivity index (χ0n) is 16.1. The van der Waals surface area contributed by atoms with Crippen molar-refractivity contribution in [1.82, 2.24) is 15.2 Å². The van der Waals surface area contributed by atoms with Gasteiger partial charge in [0.15, 0.2) is 0 Å². The van der Waals surface area contributed by atoms with Gasteiger partial charge >= 0.3 is 0 Å². The third-order valence-electron chi connectivity index (χ3n) is 5.44. The van der Waals surface area contributed by atoms with E-state index in [9.17, 15) is 4.79 Å². The van der Waals surface area contributed by atoms with Crippen molar-refractivity contribution in [3.05, 3.63) is 101 Å². The van der Waals surface area contributed by atoms with E-state index in [-0.39, 0.29) is 11.9 Å². The lowest BCUT2D eigenvalue weighted by Gasteiger charge is -2.36. The van der Waals surface area contributed by atoms with Crippen molar-refractivity contribution in [2.24, 2.45) is 0 Å². The minimum atomic E-state index is -0.0358. The molecule has 0 fully saturated rings. The molecule has 2 aromatic carbocycles. The molecule has 1 aliphatic heterocycles. The maximum atomic E-state index is 12.6. The normalized spacial score (nSPS) is 14.9. The predicted molar refractivity (Wildman–Crippen MR) is 111 cm³/mol. The predicted octanol–water partition coefficient (Wildman–Crippen LogP) is 3.92. The second-order valence-electron chi connectivity index (χ2n) is 7.37. The number of pyridine rings is 1. The van der Waals surface area contributed by atoms with Crippen LogP contribution in [0.15, 0.2) is 73.1 Å². The van der Waals surface area contributed by atoms with Crippen LogP contribution in [-0.4, -0.2) is 28.9 Å². The lowest BCUT2D eigenvalue weighted by Crippen LogP contribution is -2.40. The van der Waals surface area contributed by atoms with Crippen LogP contribution in [0.3, 0.4) is 0 Å². The Labute approximate surface area is 166 Å². The molecule has 3 aromatic rings. The molecule has 0 radical (unpaired) electrons. The summed E-state index contributed by atoms with van der Waals surface area (Å²) in [5.41, 5.74) is 5.77. The quantitative estimate of drug-likeness (QED) is 0.739.